The number of benzene rings is 2. The van der Waals surface area contributed by atoms with Gasteiger partial charge < -0.3 is 28.7 Å². The molecule has 2 heterocycles. The predicted octanol–water partition coefficient (Wildman–Crippen LogP) is 2.31. The van der Waals surface area contributed by atoms with Crippen molar-refractivity contribution < 1.29 is 28.5 Å². The van der Waals surface area contributed by atoms with Gasteiger partial charge in [0, 0.05) is 36.5 Å². The summed E-state index contributed by atoms with van der Waals surface area (Å²) in [5.41, 5.74) is 1.14. The largest absolute Gasteiger partial charge is 0.497 e. The van der Waals surface area contributed by atoms with Gasteiger partial charge in [-0.2, -0.15) is 0 Å². The highest BCUT2D eigenvalue weighted by atomic mass is 16.7. The first kappa shape index (κ1) is 18.9. The van der Waals surface area contributed by atoms with Crippen molar-refractivity contribution in [3.8, 4) is 23.0 Å². The highest BCUT2D eigenvalue weighted by Crippen LogP contribution is 2.36. The maximum absolute atomic E-state index is 13.1. The van der Waals surface area contributed by atoms with E-state index in [2.05, 4.69) is 0 Å². The maximum Gasteiger partial charge on any atom is 0.254 e. The number of ether oxygens (including phenoxy) is 4. The fourth-order valence-corrected chi connectivity index (χ4v) is 3.55. The van der Waals surface area contributed by atoms with Crippen molar-refractivity contribution in [3.05, 3.63) is 42.0 Å². The van der Waals surface area contributed by atoms with Crippen LogP contribution in [-0.4, -0.2) is 56.9 Å². The van der Waals surface area contributed by atoms with Gasteiger partial charge in [0.15, 0.2) is 11.5 Å². The SMILES string of the molecule is COc1cc(OC)cc(C(=O)N2CCN(c3ccc4c(c3)OCO4)C(=O)C2C)c1. The Morgan fingerprint density at radius 2 is 1.69 bits per heavy atom. The normalized spacial score (nSPS) is 18.0. The fraction of sp³-hybridized carbons (Fsp3) is 0.333. The lowest BCUT2D eigenvalue weighted by Crippen LogP contribution is -2.57. The standard InChI is InChI=1S/C21H22N2O6/c1-13-20(24)23(15-4-5-18-19(10-15)29-12-28-18)7-6-22(13)21(25)14-8-16(26-2)11-17(9-14)27-3/h4-5,8-11,13H,6-7,12H2,1-3H3. The van der Waals surface area contributed by atoms with Crippen LogP contribution in [0.2, 0.25) is 0 Å². The summed E-state index contributed by atoms with van der Waals surface area (Å²) in [5, 5.41) is 0. The zero-order valence-electron chi connectivity index (χ0n) is 16.5. The second kappa shape index (κ2) is 7.54. The number of carbonyl (C=O) groups excluding carboxylic acids is 2. The Labute approximate surface area is 168 Å². The molecular formula is C21H22N2O6. The minimum Gasteiger partial charge on any atom is -0.497 e. The van der Waals surface area contributed by atoms with Crippen molar-refractivity contribution in [2.45, 2.75) is 13.0 Å². The van der Waals surface area contributed by atoms with E-state index in [9.17, 15) is 9.59 Å². The molecular weight excluding hydrogens is 376 g/mol. The van der Waals surface area contributed by atoms with E-state index >= 15 is 0 Å². The minimum absolute atomic E-state index is 0.154. The lowest BCUT2D eigenvalue weighted by atomic mass is 10.1. The molecule has 1 unspecified atom stereocenters. The van der Waals surface area contributed by atoms with Gasteiger partial charge in [0.1, 0.15) is 17.5 Å². The first-order valence-corrected chi connectivity index (χ1v) is 9.27. The molecule has 1 atom stereocenters. The number of nitrogens with zero attached hydrogens (tertiary/aromatic N) is 2. The lowest BCUT2D eigenvalue weighted by Gasteiger charge is -2.39. The van der Waals surface area contributed by atoms with E-state index in [1.807, 2.05) is 6.07 Å². The van der Waals surface area contributed by atoms with E-state index in [-0.39, 0.29) is 18.6 Å². The maximum atomic E-state index is 13.1. The number of methoxy groups -OCH3 is 2. The second-order valence-electron chi connectivity index (χ2n) is 6.80. The number of fused-ring (bicyclic) bond motifs is 1. The number of anilines is 1. The highest BCUT2D eigenvalue weighted by Gasteiger charge is 2.36. The van der Waals surface area contributed by atoms with Crippen molar-refractivity contribution in [1.29, 1.82) is 0 Å². The number of amides is 2. The molecule has 2 amide bonds. The van der Waals surface area contributed by atoms with Crippen LogP contribution in [0.25, 0.3) is 0 Å². The summed E-state index contributed by atoms with van der Waals surface area (Å²) in [6.07, 6.45) is 0. The number of carbonyl (C=O) groups is 2. The van der Waals surface area contributed by atoms with Crippen LogP contribution >= 0.6 is 0 Å². The molecule has 0 saturated carbocycles. The third-order valence-corrected chi connectivity index (χ3v) is 5.18. The number of rotatable bonds is 4. The molecule has 2 aliphatic rings. The van der Waals surface area contributed by atoms with Crippen LogP contribution in [-0.2, 0) is 4.79 Å². The van der Waals surface area contributed by atoms with Crippen LogP contribution in [0, 0.1) is 0 Å². The molecule has 0 radical (unpaired) electrons. The molecule has 0 aromatic heterocycles. The Hall–Kier alpha value is -3.42. The molecule has 0 spiro atoms. The zero-order valence-corrected chi connectivity index (χ0v) is 16.5. The Balaban J connectivity index is 1.55. The van der Waals surface area contributed by atoms with Crippen molar-refractivity contribution in [2.24, 2.45) is 0 Å². The summed E-state index contributed by atoms with van der Waals surface area (Å²) in [5.74, 6) is 1.92. The number of hydrogen-bond acceptors (Lipinski definition) is 6. The first-order valence-electron chi connectivity index (χ1n) is 9.27. The Morgan fingerprint density at radius 3 is 2.38 bits per heavy atom. The summed E-state index contributed by atoms with van der Waals surface area (Å²) < 4.78 is 21.2. The van der Waals surface area contributed by atoms with Crippen LogP contribution in [0.4, 0.5) is 5.69 Å². The van der Waals surface area contributed by atoms with Gasteiger partial charge in [-0.3, -0.25) is 9.59 Å². The third-order valence-electron chi connectivity index (χ3n) is 5.18. The average Bonchev–Trinajstić information content (AvgIpc) is 3.22. The highest BCUT2D eigenvalue weighted by molar-refractivity contribution is 6.03. The molecule has 2 aromatic rings. The Bertz CT molecular complexity index is 938. The fourth-order valence-electron chi connectivity index (χ4n) is 3.55. The smallest absolute Gasteiger partial charge is 0.254 e. The zero-order chi connectivity index (χ0) is 20.5. The second-order valence-corrected chi connectivity index (χ2v) is 6.80. The van der Waals surface area contributed by atoms with Gasteiger partial charge >= 0.3 is 0 Å². The van der Waals surface area contributed by atoms with Crippen LogP contribution in [0.3, 0.4) is 0 Å². The van der Waals surface area contributed by atoms with Gasteiger partial charge in [-0.1, -0.05) is 0 Å². The number of piperazine rings is 1. The van der Waals surface area contributed by atoms with E-state index < -0.39 is 6.04 Å². The van der Waals surface area contributed by atoms with E-state index in [0.29, 0.717) is 41.7 Å². The van der Waals surface area contributed by atoms with Gasteiger partial charge in [-0.15, -0.1) is 0 Å². The minimum atomic E-state index is -0.612. The van der Waals surface area contributed by atoms with E-state index in [1.165, 1.54) is 14.2 Å². The Kier molecular flexibility index (Phi) is 4.92. The van der Waals surface area contributed by atoms with Crippen LogP contribution in [0.15, 0.2) is 36.4 Å². The monoisotopic (exact) mass is 398 g/mol. The summed E-state index contributed by atoms with van der Waals surface area (Å²) in [7, 11) is 3.05. The molecule has 0 bridgehead atoms. The van der Waals surface area contributed by atoms with Crippen LogP contribution in [0.1, 0.15) is 17.3 Å². The summed E-state index contributed by atoms with van der Waals surface area (Å²) >= 11 is 0. The molecule has 1 fully saturated rings. The van der Waals surface area contributed by atoms with Gasteiger partial charge in [0.05, 0.1) is 14.2 Å². The van der Waals surface area contributed by atoms with E-state index in [0.717, 1.165) is 5.69 Å². The van der Waals surface area contributed by atoms with Crippen molar-refractivity contribution in [2.75, 3.05) is 39.0 Å². The molecule has 4 rings (SSSR count). The molecule has 8 heteroatoms. The molecule has 0 N–H and O–H groups in total. The lowest BCUT2D eigenvalue weighted by molar-refractivity contribution is -0.124. The van der Waals surface area contributed by atoms with E-state index in [4.69, 9.17) is 18.9 Å². The van der Waals surface area contributed by atoms with Gasteiger partial charge in [-0.05, 0) is 31.2 Å². The molecule has 1 saturated heterocycles. The number of hydrogen-bond donors (Lipinski definition) is 0. The van der Waals surface area contributed by atoms with Gasteiger partial charge in [0.25, 0.3) is 5.91 Å². The van der Waals surface area contributed by atoms with Gasteiger partial charge in [-0.25, -0.2) is 0 Å². The predicted molar refractivity (Wildman–Crippen MR) is 105 cm³/mol. The van der Waals surface area contributed by atoms with Crippen molar-refractivity contribution in [1.82, 2.24) is 4.90 Å². The molecule has 152 valence electrons. The van der Waals surface area contributed by atoms with Crippen LogP contribution in [0.5, 0.6) is 23.0 Å². The topological polar surface area (TPSA) is 77.5 Å². The third kappa shape index (κ3) is 3.41. The molecule has 8 nitrogen and oxygen atoms in total. The molecule has 0 aliphatic carbocycles. The van der Waals surface area contributed by atoms with Crippen LogP contribution < -0.4 is 23.8 Å². The average molecular weight is 398 g/mol. The summed E-state index contributed by atoms with van der Waals surface area (Å²) in [4.78, 5) is 29.4. The van der Waals surface area contributed by atoms with E-state index in [1.54, 1.807) is 47.1 Å². The van der Waals surface area contributed by atoms with Crippen molar-refractivity contribution >= 4 is 17.5 Å². The molecule has 29 heavy (non-hydrogen) atoms. The quantitative estimate of drug-likeness (QED) is 0.787. The summed E-state index contributed by atoms with van der Waals surface area (Å²) in [6, 6.07) is 9.77. The molecule has 2 aliphatic heterocycles. The van der Waals surface area contributed by atoms with Crippen molar-refractivity contribution in [3.63, 3.8) is 0 Å². The van der Waals surface area contributed by atoms with Gasteiger partial charge in [0.2, 0.25) is 12.7 Å². The first-order chi connectivity index (χ1) is 14.0. The molecule has 2 aromatic carbocycles. The summed E-state index contributed by atoms with van der Waals surface area (Å²) in [6.45, 7) is 2.70. The Morgan fingerprint density at radius 1 is 1.00 bits per heavy atom.